The van der Waals surface area contributed by atoms with E-state index in [2.05, 4.69) is 20.5 Å². The van der Waals surface area contributed by atoms with Gasteiger partial charge in [-0.3, -0.25) is 24.1 Å². The van der Waals surface area contributed by atoms with Crippen LogP contribution in [0.4, 0.5) is 0 Å². The van der Waals surface area contributed by atoms with Crippen LogP contribution in [-0.4, -0.2) is 30.5 Å². The van der Waals surface area contributed by atoms with Crippen molar-refractivity contribution in [2.75, 3.05) is 0 Å². The normalized spacial score (nSPS) is 16.8. The zero-order chi connectivity index (χ0) is 17.7. The summed E-state index contributed by atoms with van der Waals surface area (Å²) in [7, 11) is 3.63. The van der Waals surface area contributed by atoms with E-state index < -0.39 is 0 Å². The molecule has 8 heteroatoms. The van der Waals surface area contributed by atoms with Gasteiger partial charge in [0.2, 0.25) is 0 Å². The summed E-state index contributed by atoms with van der Waals surface area (Å²) in [6.07, 6.45) is 4.65. The van der Waals surface area contributed by atoms with Gasteiger partial charge in [0.05, 0.1) is 23.2 Å². The molecule has 0 aliphatic heterocycles. The van der Waals surface area contributed by atoms with Gasteiger partial charge in [-0.1, -0.05) is 0 Å². The van der Waals surface area contributed by atoms with Gasteiger partial charge in [-0.15, -0.1) is 0 Å². The maximum Gasteiger partial charge on any atom is 0.274 e. The Bertz CT molecular complexity index is 1040. The molecule has 8 nitrogen and oxygen atoms in total. The van der Waals surface area contributed by atoms with E-state index in [1.54, 1.807) is 17.8 Å². The molecule has 0 radical (unpaired) electrons. The molecule has 1 aliphatic carbocycles. The molecule has 0 aromatic carbocycles. The zero-order valence-corrected chi connectivity index (χ0v) is 14.5. The molecule has 1 aliphatic rings. The number of H-pyrrole nitrogens is 1. The fraction of sp³-hybridized carbons (Fsp3) is 0.412. The Kier molecular flexibility index (Phi) is 3.48. The first kappa shape index (κ1) is 15.6. The van der Waals surface area contributed by atoms with Crippen molar-refractivity contribution in [3.63, 3.8) is 0 Å². The van der Waals surface area contributed by atoms with Gasteiger partial charge >= 0.3 is 0 Å². The predicted molar refractivity (Wildman–Crippen MR) is 92.4 cm³/mol. The minimum Gasteiger partial charge on any atom is -0.345 e. The van der Waals surface area contributed by atoms with Gasteiger partial charge in [0.25, 0.3) is 11.5 Å². The van der Waals surface area contributed by atoms with Crippen molar-refractivity contribution in [2.24, 2.45) is 14.1 Å². The Hall–Kier alpha value is -2.90. The number of rotatable bonds is 2. The van der Waals surface area contributed by atoms with Gasteiger partial charge in [-0.25, -0.2) is 4.98 Å². The molecule has 0 bridgehead atoms. The predicted octanol–water partition coefficient (Wildman–Crippen LogP) is 1.11. The minimum absolute atomic E-state index is 0.0868. The van der Waals surface area contributed by atoms with Crippen LogP contribution < -0.4 is 10.9 Å². The Morgan fingerprint density at radius 1 is 1.40 bits per heavy atom. The second-order valence-electron chi connectivity index (χ2n) is 6.60. The standard InChI is InChI=1S/C17H20N6O2/c1-9-7-10(14-15(19-9)23(3)21-17(14)25)16(24)20-12-5-4-6-13-11(12)8-18-22(13)2/h7-8,12H,4-6H2,1-3H3,(H,20,24)(H,21,25). The third-order valence-corrected chi connectivity index (χ3v) is 4.87. The first-order valence-electron chi connectivity index (χ1n) is 8.33. The molecular formula is C17H20N6O2. The topological polar surface area (TPSA) is 97.6 Å². The SMILES string of the molecule is Cc1cc(C(=O)NC2CCCc3c2cnn3C)c2c(=O)[nH]n(C)c2n1. The van der Waals surface area contributed by atoms with Crippen LogP contribution in [0.25, 0.3) is 11.0 Å². The number of nitrogens with one attached hydrogen (secondary N) is 2. The number of aromatic nitrogens is 5. The van der Waals surface area contributed by atoms with Crippen LogP contribution in [0.3, 0.4) is 0 Å². The van der Waals surface area contributed by atoms with Crippen LogP contribution in [0.1, 0.15) is 46.2 Å². The second-order valence-corrected chi connectivity index (χ2v) is 6.60. The summed E-state index contributed by atoms with van der Waals surface area (Å²) in [6.45, 7) is 1.81. The molecule has 4 rings (SSSR count). The Labute approximate surface area is 143 Å². The second kappa shape index (κ2) is 5.58. The molecule has 0 saturated heterocycles. The summed E-state index contributed by atoms with van der Waals surface area (Å²) >= 11 is 0. The molecule has 0 fully saturated rings. The number of aryl methyl sites for hydroxylation is 3. The van der Waals surface area contributed by atoms with Crippen LogP contribution in [0.5, 0.6) is 0 Å². The van der Waals surface area contributed by atoms with Gasteiger partial charge in [0.15, 0.2) is 5.65 Å². The smallest absolute Gasteiger partial charge is 0.274 e. The minimum atomic E-state index is -0.305. The van der Waals surface area contributed by atoms with Crippen LogP contribution >= 0.6 is 0 Å². The number of nitrogens with zero attached hydrogens (tertiary/aromatic N) is 4. The average Bonchev–Trinajstić information content (AvgIpc) is 3.08. The molecule has 3 aromatic rings. The maximum atomic E-state index is 12.9. The molecule has 3 aromatic heterocycles. The highest BCUT2D eigenvalue weighted by Crippen LogP contribution is 2.29. The first-order chi connectivity index (χ1) is 12.0. The van der Waals surface area contributed by atoms with E-state index in [4.69, 9.17) is 0 Å². The van der Waals surface area contributed by atoms with E-state index in [0.29, 0.717) is 22.3 Å². The molecule has 130 valence electrons. The van der Waals surface area contributed by atoms with Crippen molar-refractivity contribution in [2.45, 2.75) is 32.2 Å². The van der Waals surface area contributed by atoms with Crippen molar-refractivity contribution >= 4 is 16.9 Å². The third-order valence-electron chi connectivity index (χ3n) is 4.87. The number of amides is 1. The number of hydrogen-bond donors (Lipinski definition) is 2. The van der Waals surface area contributed by atoms with Gasteiger partial charge < -0.3 is 5.32 Å². The fourth-order valence-electron chi connectivity index (χ4n) is 3.66. The summed E-state index contributed by atoms with van der Waals surface area (Å²) in [5.74, 6) is -0.256. The third kappa shape index (κ3) is 2.45. The molecule has 1 atom stereocenters. The molecule has 25 heavy (non-hydrogen) atoms. The van der Waals surface area contributed by atoms with Gasteiger partial charge in [0, 0.05) is 31.0 Å². The highest BCUT2D eigenvalue weighted by atomic mass is 16.2. The summed E-state index contributed by atoms with van der Waals surface area (Å²) < 4.78 is 3.41. The first-order valence-corrected chi connectivity index (χ1v) is 8.33. The lowest BCUT2D eigenvalue weighted by molar-refractivity contribution is 0.0934. The lowest BCUT2D eigenvalue weighted by atomic mass is 9.92. The van der Waals surface area contributed by atoms with Crippen LogP contribution in [-0.2, 0) is 20.5 Å². The molecular weight excluding hydrogens is 320 g/mol. The molecule has 2 N–H and O–H groups in total. The van der Waals surface area contributed by atoms with Crippen molar-refractivity contribution in [1.29, 1.82) is 0 Å². The summed E-state index contributed by atoms with van der Waals surface area (Å²) in [4.78, 5) is 29.5. The Balaban J connectivity index is 1.73. The number of carbonyl (C=O) groups is 1. The van der Waals surface area contributed by atoms with E-state index in [-0.39, 0.29) is 17.5 Å². The van der Waals surface area contributed by atoms with E-state index in [0.717, 1.165) is 30.5 Å². The highest BCUT2D eigenvalue weighted by molar-refractivity contribution is 6.05. The number of aromatic amines is 1. The van der Waals surface area contributed by atoms with Crippen molar-refractivity contribution < 1.29 is 4.79 Å². The van der Waals surface area contributed by atoms with E-state index in [1.165, 1.54) is 0 Å². The van der Waals surface area contributed by atoms with Crippen molar-refractivity contribution in [1.82, 2.24) is 29.9 Å². The zero-order valence-electron chi connectivity index (χ0n) is 14.5. The lowest BCUT2D eigenvalue weighted by Crippen LogP contribution is -2.31. The number of hydrogen-bond acceptors (Lipinski definition) is 4. The highest BCUT2D eigenvalue weighted by Gasteiger charge is 2.26. The van der Waals surface area contributed by atoms with E-state index in [9.17, 15) is 9.59 Å². The van der Waals surface area contributed by atoms with Crippen LogP contribution in [0, 0.1) is 6.92 Å². The molecule has 0 spiro atoms. The largest absolute Gasteiger partial charge is 0.345 e. The molecule has 3 heterocycles. The Morgan fingerprint density at radius 3 is 3.00 bits per heavy atom. The summed E-state index contributed by atoms with van der Waals surface area (Å²) in [5.41, 5.74) is 3.45. The molecule has 1 amide bonds. The van der Waals surface area contributed by atoms with Gasteiger partial charge in [-0.05, 0) is 32.3 Å². The number of carbonyl (C=O) groups excluding carboxylic acids is 1. The summed E-state index contributed by atoms with van der Waals surface area (Å²) in [5, 5.41) is 10.4. The van der Waals surface area contributed by atoms with Crippen molar-refractivity contribution in [3.8, 4) is 0 Å². The van der Waals surface area contributed by atoms with E-state index in [1.807, 2.05) is 24.9 Å². The number of pyridine rings is 1. The maximum absolute atomic E-state index is 12.9. The quantitative estimate of drug-likeness (QED) is 0.730. The molecule has 0 saturated carbocycles. The van der Waals surface area contributed by atoms with Crippen LogP contribution in [0.2, 0.25) is 0 Å². The average molecular weight is 340 g/mol. The van der Waals surface area contributed by atoms with Gasteiger partial charge in [-0.2, -0.15) is 5.10 Å². The number of fused-ring (bicyclic) bond motifs is 2. The van der Waals surface area contributed by atoms with E-state index >= 15 is 0 Å². The van der Waals surface area contributed by atoms with Crippen LogP contribution in [0.15, 0.2) is 17.1 Å². The summed E-state index contributed by atoms with van der Waals surface area (Å²) in [6, 6.07) is 1.58. The van der Waals surface area contributed by atoms with Gasteiger partial charge in [0.1, 0.15) is 0 Å². The molecule has 1 unspecified atom stereocenters. The lowest BCUT2D eigenvalue weighted by Gasteiger charge is -2.24. The Morgan fingerprint density at radius 2 is 2.20 bits per heavy atom. The fourth-order valence-corrected chi connectivity index (χ4v) is 3.66. The monoisotopic (exact) mass is 340 g/mol. The van der Waals surface area contributed by atoms with Crippen molar-refractivity contribution in [3.05, 3.63) is 45.1 Å².